The van der Waals surface area contributed by atoms with Crippen LogP contribution in [0.5, 0.6) is 0 Å². The first kappa shape index (κ1) is 20.2. The number of amides is 1. The summed E-state index contributed by atoms with van der Waals surface area (Å²) in [4.78, 5) is 22.5. The van der Waals surface area contributed by atoms with Crippen LogP contribution in [0.2, 0.25) is 0 Å². The van der Waals surface area contributed by atoms with Gasteiger partial charge in [0.25, 0.3) is 5.91 Å². The second-order valence-corrected chi connectivity index (χ2v) is 7.54. The Kier molecular flexibility index (Phi) is 5.36. The molecular weight excluding hydrogens is 395 g/mol. The fraction of sp³-hybridized carbons (Fsp3) is 0.381. The van der Waals surface area contributed by atoms with Crippen molar-refractivity contribution in [3.63, 3.8) is 0 Å². The van der Waals surface area contributed by atoms with Crippen molar-refractivity contribution >= 4 is 22.6 Å². The van der Waals surface area contributed by atoms with Gasteiger partial charge in [0.15, 0.2) is 0 Å². The van der Waals surface area contributed by atoms with E-state index in [9.17, 15) is 18.0 Å². The van der Waals surface area contributed by atoms with Gasteiger partial charge in [0.05, 0.1) is 5.52 Å². The van der Waals surface area contributed by atoms with Gasteiger partial charge < -0.3 is 14.8 Å². The number of likely N-dealkylation sites (tertiary alicyclic amines) is 1. The monoisotopic (exact) mass is 417 g/mol. The first-order valence-corrected chi connectivity index (χ1v) is 9.80. The van der Waals surface area contributed by atoms with E-state index in [1.165, 1.54) is 18.3 Å². The fourth-order valence-electron chi connectivity index (χ4n) is 3.78. The minimum absolute atomic E-state index is 0.0381. The molecule has 0 saturated carbocycles. The third kappa shape index (κ3) is 4.10. The van der Waals surface area contributed by atoms with Gasteiger partial charge in [-0.05, 0) is 49.1 Å². The number of pyridine rings is 2. The molecule has 3 aromatic heterocycles. The van der Waals surface area contributed by atoms with E-state index in [0.29, 0.717) is 42.5 Å². The molecule has 1 aliphatic heterocycles. The Morgan fingerprint density at radius 3 is 2.63 bits per heavy atom. The second-order valence-electron chi connectivity index (χ2n) is 7.54. The average Bonchev–Trinajstić information content (AvgIpc) is 3.17. The Bertz CT molecular complexity index is 1050. The molecule has 4 heterocycles. The average molecular weight is 417 g/mol. The quantitative estimate of drug-likeness (QED) is 0.698. The molecule has 1 fully saturated rings. The molecule has 158 valence electrons. The topological polar surface area (TPSA) is 63.1 Å². The van der Waals surface area contributed by atoms with Crippen molar-refractivity contribution in [2.24, 2.45) is 13.0 Å². The van der Waals surface area contributed by atoms with E-state index in [4.69, 9.17) is 0 Å². The van der Waals surface area contributed by atoms with Crippen molar-refractivity contribution in [3.8, 4) is 0 Å². The number of carbonyl (C=O) groups is 1. The van der Waals surface area contributed by atoms with E-state index >= 15 is 0 Å². The number of nitrogens with one attached hydrogen (secondary N) is 1. The summed E-state index contributed by atoms with van der Waals surface area (Å²) in [7, 11) is 1.85. The number of rotatable bonds is 4. The Hall–Kier alpha value is -3.10. The molecule has 6 nitrogen and oxygen atoms in total. The lowest BCUT2D eigenvalue weighted by Crippen LogP contribution is -2.40. The highest BCUT2D eigenvalue weighted by Gasteiger charge is 2.32. The molecule has 0 bridgehead atoms. The highest BCUT2D eigenvalue weighted by atomic mass is 19.4. The van der Waals surface area contributed by atoms with Gasteiger partial charge in [-0.25, -0.2) is 9.97 Å². The number of aromatic nitrogens is 3. The van der Waals surface area contributed by atoms with Crippen molar-refractivity contribution in [3.05, 3.63) is 54.1 Å². The first-order valence-electron chi connectivity index (χ1n) is 9.80. The lowest BCUT2D eigenvalue weighted by atomic mass is 9.96. The zero-order valence-corrected chi connectivity index (χ0v) is 16.5. The molecule has 9 heteroatoms. The zero-order chi connectivity index (χ0) is 21.3. The largest absolute Gasteiger partial charge is 0.433 e. The second kappa shape index (κ2) is 7.97. The Balaban J connectivity index is 1.37. The Labute approximate surface area is 171 Å². The number of piperidine rings is 1. The minimum atomic E-state index is -4.48. The predicted octanol–water partition coefficient (Wildman–Crippen LogP) is 3.95. The molecule has 0 aliphatic carbocycles. The lowest BCUT2D eigenvalue weighted by molar-refractivity contribution is -0.140. The van der Waals surface area contributed by atoms with E-state index in [2.05, 4.69) is 15.3 Å². The van der Waals surface area contributed by atoms with Crippen LogP contribution in [0.25, 0.3) is 10.9 Å². The van der Waals surface area contributed by atoms with E-state index < -0.39 is 11.9 Å². The summed E-state index contributed by atoms with van der Waals surface area (Å²) in [6.45, 7) is 1.99. The fourth-order valence-corrected chi connectivity index (χ4v) is 3.78. The minimum Gasteiger partial charge on any atom is -0.369 e. The van der Waals surface area contributed by atoms with Crippen molar-refractivity contribution in [2.75, 3.05) is 25.0 Å². The van der Waals surface area contributed by atoms with Gasteiger partial charge >= 0.3 is 6.18 Å². The van der Waals surface area contributed by atoms with Crippen LogP contribution in [-0.4, -0.2) is 45.0 Å². The van der Waals surface area contributed by atoms with E-state index in [0.717, 1.165) is 18.9 Å². The highest BCUT2D eigenvalue weighted by molar-refractivity contribution is 5.92. The molecule has 1 saturated heterocycles. The Morgan fingerprint density at radius 1 is 1.20 bits per heavy atom. The number of hydrogen-bond acceptors (Lipinski definition) is 4. The molecule has 0 unspecified atom stereocenters. The molecule has 1 N–H and O–H groups in total. The molecule has 1 aliphatic rings. The summed E-state index contributed by atoms with van der Waals surface area (Å²) in [5.74, 6) is 0.911. The van der Waals surface area contributed by atoms with Crippen molar-refractivity contribution < 1.29 is 18.0 Å². The van der Waals surface area contributed by atoms with Gasteiger partial charge in [-0.1, -0.05) is 0 Å². The van der Waals surface area contributed by atoms with Crippen LogP contribution >= 0.6 is 0 Å². The summed E-state index contributed by atoms with van der Waals surface area (Å²) in [6.07, 6.45) is 0.539. The molecule has 3 aromatic rings. The molecular formula is C21H22F3N5O. The maximum absolute atomic E-state index is 12.9. The molecule has 0 radical (unpaired) electrons. The van der Waals surface area contributed by atoms with E-state index in [-0.39, 0.29) is 11.4 Å². The van der Waals surface area contributed by atoms with Gasteiger partial charge in [-0.15, -0.1) is 0 Å². The summed E-state index contributed by atoms with van der Waals surface area (Å²) in [6, 6.07) is 7.53. The van der Waals surface area contributed by atoms with E-state index in [1.807, 2.05) is 34.8 Å². The zero-order valence-electron chi connectivity index (χ0n) is 16.5. The number of halogens is 3. The van der Waals surface area contributed by atoms with Crippen LogP contribution in [0.1, 0.15) is 29.0 Å². The third-order valence-electron chi connectivity index (χ3n) is 5.53. The van der Waals surface area contributed by atoms with Crippen LogP contribution in [-0.2, 0) is 13.2 Å². The predicted molar refractivity (Wildman–Crippen MR) is 107 cm³/mol. The van der Waals surface area contributed by atoms with Crippen LogP contribution in [0, 0.1) is 5.92 Å². The first-order chi connectivity index (χ1) is 14.3. The van der Waals surface area contributed by atoms with Gasteiger partial charge in [0.1, 0.15) is 17.2 Å². The number of fused-ring (bicyclic) bond motifs is 1. The van der Waals surface area contributed by atoms with Crippen LogP contribution in [0.15, 0.2) is 42.7 Å². The maximum atomic E-state index is 12.9. The molecule has 4 rings (SSSR count). The maximum Gasteiger partial charge on any atom is 0.433 e. The molecule has 1 amide bonds. The smallest absolute Gasteiger partial charge is 0.369 e. The number of aryl methyl sites for hydroxylation is 1. The Morgan fingerprint density at radius 2 is 1.97 bits per heavy atom. The van der Waals surface area contributed by atoms with Gasteiger partial charge in [-0.2, -0.15) is 13.2 Å². The van der Waals surface area contributed by atoms with Gasteiger partial charge in [-0.3, -0.25) is 4.79 Å². The van der Waals surface area contributed by atoms with Gasteiger partial charge in [0.2, 0.25) is 0 Å². The number of anilines is 1. The van der Waals surface area contributed by atoms with Crippen molar-refractivity contribution in [2.45, 2.75) is 19.0 Å². The summed E-state index contributed by atoms with van der Waals surface area (Å²) in [5, 5.41) is 3.81. The summed E-state index contributed by atoms with van der Waals surface area (Å²) >= 11 is 0. The third-order valence-corrected chi connectivity index (χ3v) is 5.53. The standard InChI is InChI=1S/C21H22F3N5O/c1-28-10-2-3-17(28)20(30)29-11-7-14(8-12-29)13-26-19-15-4-5-18(21(22,23)24)27-16(15)6-9-25-19/h2-6,9-10,14H,7-8,11-13H2,1H3,(H,25,26). The highest BCUT2D eigenvalue weighted by Crippen LogP contribution is 2.30. The molecule has 0 atom stereocenters. The number of nitrogens with zero attached hydrogens (tertiary/aromatic N) is 4. The van der Waals surface area contributed by atoms with Crippen LogP contribution in [0.4, 0.5) is 19.0 Å². The summed E-state index contributed by atoms with van der Waals surface area (Å²) in [5.41, 5.74) is 0.0185. The normalized spacial score (nSPS) is 15.5. The van der Waals surface area contributed by atoms with Crippen molar-refractivity contribution in [1.82, 2.24) is 19.4 Å². The SMILES string of the molecule is Cn1cccc1C(=O)N1CCC(CNc2nccc3nc(C(F)(F)F)ccc23)CC1. The van der Waals surface area contributed by atoms with Crippen LogP contribution in [0.3, 0.4) is 0 Å². The van der Waals surface area contributed by atoms with Crippen molar-refractivity contribution in [1.29, 1.82) is 0 Å². The van der Waals surface area contributed by atoms with Gasteiger partial charge in [0, 0.05) is 44.5 Å². The van der Waals surface area contributed by atoms with Crippen LogP contribution < -0.4 is 5.32 Å². The number of carbonyl (C=O) groups excluding carboxylic acids is 1. The number of hydrogen-bond donors (Lipinski definition) is 1. The molecule has 0 aromatic carbocycles. The molecule has 30 heavy (non-hydrogen) atoms. The lowest BCUT2D eigenvalue weighted by Gasteiger charge is -2.32. The van der Waals surface area contributed by atoms with E-state index in [1.54, 1.807) is 0 Å². The number of alkyl halides is 3. The molecule has 0 spiro atoms. The summed E-state index contributed by atoms with van der Waals surface area (Å²) < 4.78 is 40.5.